The van der Waals surface area contributed by atoms with Crippen molar-refractivity contribution in [3.63, 3.8) is 0 Å². The van der Waals surface area contributed by atoms with Crippen LogP contribution in [0.4, 0.5) is 0 Å². The van der Waals surface area contributed by atoms with Crippen LogP contribution in [-0.4, -0.2) is 61.2 Å². The van der Waals surface area contributed by atoms with Crippen molar-refractivity contribution in [3.8, 4) is 28.7 Å². The lowest BCUT2D eigenvalue weighted by Crippen LogP contribution is -2.31. The lowest BCUT2D eigenvalue weighted by molar-refractivity contribution is 0.0709. The fourth-order valence-electron chi connectivity index (χ4n) is 4.04. The van der Waals surface area contributed by atoms with E-state index in [-0.39, 0.29) is 11.9 Å². The number of carbonyl (C=O) groups is 1. The summed E-state index contributed by atoms with van der Waals surface area (Å²) in [4.78, 5) is 25.7. The highest BCUT2D eigenvalue weighted by atomic mass is 16.5. The molecule has 5 rings (SSSR count). The molecule has 0 N–H and O–H groups in total. The van der Waals surface area contributed by atoms with Crippen molar-refractivity contribution in [2.75, 3.05) is 20.3 Å². The number of pyridine rings is 1. The Kier molecular flexibility index (Phi) is 5.90. The van der Waals surface area contributed by atoms with Crippen molar-refractivity contribution in [3.05, 3.63) is 60.4 Å². The summed E-state index contributed by atoms with van der Waals surface area (Å²) in [6.45, 7) is 2.91. The monoisotopic (exact) mass is 461 g/mol. The van der Waals surface area contributed by atoms with Gasteiger partial charge in [0.1, 0.15) is 11.8 Å². The van der Waals surface area contributed by atoms with Gasteiger partial charge in [0.2, 0.25) is 17.6 Å². The number of likely N-dealkylation sites (tertiary alicyclic amines) is 1. The molecule has 4 heterocycles. The zero-order valence-corrected chi connectivity index (χ0v) is 18.8. The van der Waals surface area contributed by atoms with Crippen LogP contribution in [0.25, 0.3) is 17.1 Å². The Hall–Kier alpha value is -4.28. The van der Waals surface area contributed by atoms with Crippen molar-refractivity contribution in [2.45, 2.75) is 25.8 Å². The number of rotatable bonds is 7. The summed E-state index contributed by atoms with van der Waals surface area (Å²) in [6, 6.07) is 8.48. The molecule has 1 aromatic carbocycles. The number of carbonyl (C=O) groups excluding carboxylic acids is 1. The summed E-state index contributed by atoms with van der Waals surface area (Å²) in [5.41, 5.74) is 1.62. The number of hydrogen-bond acceptors (Lipinski definition) is 9. The number of methoxy groups -OCH3 is 1. The summed E-state index contributed by atoms with van der Waals surface area (Å²) in [7, 11) is 1.56. The maximum absolute atomic E-state index is 13.7. The first-order chi connectivity index (χ1) is 16.7. The van der Waals surface area contributed by atoms with Gasteiger partial charge in [-0.05, 0) is 50.1 Å². The highest BCUT2D eigenvalue weighted by molar-refractivity contribution is 5.98. The Balaban J connectivity index is 1.47. The third kappa shape index (κ3) is 3.96. The third-order valence-corrected chi connectivity index (χ3v) is 5.60. The number of ether oxygens (including phenoxy) is 2. The summed E-state index contributed by atoms with van der Waals surface area (Å²) in [5.74, 6) is 1.55. The molecule has 0 aliphatic carbocycles. The maximum Gasteiger partial charge on any atom is 0.256 e. The highest BCUT2D eigenvalue weighted by Gasteiger charge is 2.36. The predicted octanol–water partition coefficient (Wildman–Crippen LogP) is 3.10. The molecule has 1 aliphatic heterocycles. The van der Waals surface area contributed by atoms with Gasteiger partial charge in [-0.25, -0.2) is 4.98 Å². The number of aromatic nitrogens is 6. The van der Waals surface area contributed by atoms with Crippen LogP contribution in [0.2, 0.25) is 0 Å². The minimum absolute atomic E-state index is 0.190. The molecule has 11 heteroatoms. The molecule has 11 nitrogen and oxygen atoms in total. The van der Waals surface area contributed by atoms with E-state index in [1.165, 1.54) is 4.80 Å². The fraction of sp³-hybridized carbons (Fsp3) is 0.304. The SMILES string of the molecule is CCOc1ncccc1-c1noc(C2CCCN2C(=O)c2cc(OC)ccc2-n2nccn2)n1. The zero-order chi connectivity index (χ0) is 23.5. The van der Waals surface area contributed by atoms with Gasteiger partial charge in [-0.1, -0.05) is 5.16 Å². The first-order valence-corrected chi connectivity index (χ1v) is 11.0. The summed E-state index contributed by atoms with van der Waals surface area (Å²) in [6.07, 6.45) is 6.29. The number of benzene rings is 1. The van der Waals surface area contributed by atoms with E-state index in [9.17, 15) is 4.79 Å². The number of hydrogen-bond donors (Lipinski definition) is 0. The highest BCUT2D eigenvalue weighted by Crippen LogP contribution is 2.35. The lowest BCUT2D eigenvalue weighted by Gasteiger charge is -2.23. The molecule has 1 atom stereocenters. The van der Waals surface area contributed by atoms with E-state index in [0.717, 1.165) is 6.42 Å². The van der Waals surface area contributed by atoms with Crippen LogP contribution >= 0.6 is 0 Å². The lowest BCUT2D eigenvalue weighted by atomic mass is 10.1. The number of amides is 1. The van der Waals surface area contributed by atoms with Crippen molar-refractivity contribution in [2.24, 2.45) is 0 Å². The molecule has 0 radical (unpaired) electrons. The minimum Gasteiger partial charge on any atom is -0.497 e. The average molecular weight is 461 g/mol. The Labute approximate surface area is 195 Å². The van der Waals surface area contributed by atoms with Crippen molar-refractivity contribution >= 4 is 5.91 Å². The van der Waals surface area contributed by atoms with Crippen LogP contribution in [0.5, 0.6) is 11.6 Å². The first-order valence-electron chi connectivity index (χ1n) is 11.0. The molecule has 1 aliphatic rings. The molecule has 3 aromatic heterocycles. The van der Waals surface area contributed by atoms with Crippen LogP contribution in [0.1, 0.15) is 42.1 Å². The quantitative estimate of drug-likeness (QED) is 0.409. The minimum atomic E-state index is -0.356. The van der Waals surface area contributed by atoms with Gasteiger partial charge in [-0.3, -0.25) is 4.79 Å². The van der Waals surface area contributed by atoms with Crippen LogP contribution in [0.15, 0.2) is 53.4 Å². The van der Waals surface area contributed by atoms with Gasteiger partial charge in [-0.2, -0.15) is 20.0 Å². The Morgan fingerprint density at radius 1 is 1.21 bits per heavy atom. The molecule has 174 valence electrons. The molecule has 0 saturated carbocycles. The van der Waals surface area contributed by atoms with Gasteiger partial charge >= 0.3 is 0 Å². The van der Waals surface area contributed by atoms with E-state index in [1.807, 2.05) is 13.0 Å². The molecule has 1 unspecified atom stereocenters. The molecular weight excluding hydrogens is 438 g/mol. The smallest absolute Gasteiger partial charge is 0.256 e. The van der Waals surface area contributed by atoms with Crippen molar-refractivity contribution in [1.29, 1.82) is 0 Å². The topological polar surface area (TPSA) is 121 Å². The van der Waals surface area contributed by atoms with Gasteiger partial charge in [-0.15, -0.1) is 0 Å². The molecular formula is C23H23N7O4. The number of nitrogens with zero attached hydrogens (tertiary/aromatic N) is 7. The largest absolute Gasteiger partial charge is 0.497 e. The van der Waals surface area contributed by atoms with Crippen LogP contribution < -0.4 is 9.47 Å². The average Bonchev–Trinajstić information content (AvgIpc) is 3.65. The van der Waals surface area contributed by atoms with E-state index in [1.54, 1.807) is 54.9 Å². The Bertz CT molecular complexity index is 1290. The molecule has 0 bridgehead atoms. The van der Waals surface area contributed by atoms with Gasteiger partial charge in [0.25, 0.3) is 5.91 Å². The molecule has 34 heavy (non-hydrogen) atoms. The Morgan fingerprint density at radius 3 is 2.85 bits per heavy atom. The first kappa shape index (κ1) is 21.6. The summed E-state index contributed by atoms with van der Waals surface area (Å²) >= 11 is 0. The van der Waals surface area contributed by atoms with E-state index in [2.05, 4.69) is 25.3 Å². The predicted molar refractivity (Wildman–Crippen MR) is 120 cm³/mol. The molecule has 1 saturated heterocycles. The normalized spacial score (nSPS) is 15.5. The molecule has 1 amide bonds. The van der Waals surface area contributed by atoms with Gasteiger partial charge in [0.05, 0.1) is 42.9 Å². The molecule has 0 spiro atoms. The van der Waals surface area contributed by atoms with Gasteiger partial charge < -0.3 is 18.9 Å². The van der Waals surface area contributed by atoms with Gasteiger partial charge in [0, 0.05) is 12.7 Å². The summed E-state index contributed by atoms with van der Waals surface area (Å²) < 4.78 is 16.6. The zero-order valence-electron chi connectivity index (χ0n) is 18.8. The van der Waals surface area contributed by atoms with E-state index in [4.69, 9.17) is 14.0 Å². The second-order valence-electron chi connectivity index (χ2n) is 7.60. The van der Waals surface area contributed by atoms with Crippen molar-refractivity contribution < 1.29 is 18.8 Å². The standard InChI is InChI=1S/C23H23N7O4/c1-3-33-21-16(6-4-10-24-21)20-27-22(34-28-20)19-7-5-13-29(19)23(31)17-14-15(32-2)8-9-18(17)30-25-11-12-26-30/h4,6,8-12,14,19H,3,5,7,13H2,1-2H3. The van der Waals surface area contributed by atoms with Crippen LogP contribution in [-0.2, 0) is 0 Å². The Morgan fingerprint density at radius 2 is 2.06 bits per heavy atom. The summed E-state index contributed by atoms with van der Waals surface area (Å²) in [5, 5.41) is 12.5. The fourth-order valence-corrected chi connectivity index (χ4v) is 4.04. The van der Waals surface area contributed by atoms with E-state index >= 15 is 0 Å². The van der Waals surface area contributed by atoms with Crippen LogP contribution in [0, 0.1) is 0 Å². The second kappa shape index (κ2) is 9.30. The van der Waals surface area contributed by atoms with Crippen LogP contribution in [0.3, 0.4) is 0 Å². The van der Waals surface area contributed by atoms with Gasteiger partial charge in [0.15, 0.2) is 0 Å². The maximum atomic E-state index is 13.7. The third-order valence-electron chi connectivity index (χ3n) is 5.60. The van der Waals surface area contributed by atoms with E-state index in [0.29, 0.717) is 59.7 Å². The molecule has 4 aromatic rings. The van der Waals surface area contributed by atoms with Crippen molar-refractivity contribution in [1.82, 2.24) is 35.0 Å². The molecule has 1 fully saturated rings. The second-order valence-corrected chi connectivity index (χ2v) is 7.60. The van der Waals surface area contributed by atoms with E-state index < -0.39 is 0 Å².